The van der Waals surface area contributed by atoms with Gasteiger partial charge in [0, 0.05) is 31.1 Å². The third-order valence-electron chi connectivity index (χ3n) is 6.05. The van der Waals surface area contributed by atoms with Crippen molar-refractivity contribution >= 4 is 16.1 Å². The number of nitrogens with one attached hydrogen (secondary N) is 2. The van der Waals surface area contributed by atoms with E-state index in [0.717, 1.165) is 18.4 Å². The maximum atomic E-state index is 13.2. The van der Waals surface area contributed by atoms with Gasteiger partial charge < -0.3 is 10.2 Å². The Morgan fingerprint density at radius 2 is 1.67 bits per heavy atom. The quantitative estimate of drug-likeness (QED) is 0.738. The van der Waals surface area contributed by atoms with Gasteiger partial charge in [-0.15, -0.1) is 0 Å². The minimum Gasteiger partial charge on any atom is -0.337 e. The fraction of sp³-hybridized carbons (Fsp3) is 0.409. The van der Waals surface area contributed by atoms with E-state index in [1.54, 1.807) is 47.4 Å². The zero-order valence-corrected chi connectivity index (χ0v) is 17.5. The van der Waals surface area contributed by atoms with Crippen molar-refractivity contribution in [1.29, 1.82) is 0 Å². The molecule has 4 rings (SSSR count). The molecule has 0 spiro atoms. The lowest BCUT2D eigenvalue weighted by Gasteiger charge is -2.32. The Morgan fingerprint density at radius 1 is 1.03 bits per heavy atom. The lowest BCUT2D eigenvalue weighted by atomic mass is 9.96. The lowest BCUT2D eigenvalue weighted by molar-refractivity contribution is 0.179. The Bertz CT molecular complexity index is 984. The summed E-state index contributed by atoms with van der Waals surface area (Å²) in [5, 5.41) is 3.01. The van der Waals surface area contributed by atoms with Gasteiger partial charge in [-0.3, -0.25) is 0 Å². The van der Waals surface area contributed by atoms with Crippen LogP contribution in [0.2, 0.25) is 0 Å². The maximum absolute atomic E-state index is 13.2. The van der Waals surface area contributed by atoms with E-state index >= 15 is 0 Å². The van der Waals surface area contributed by atoms with Crippen LogP contribution >= 0.6 is 0 Å². The van der Waals surface area contributed by atoms with Crippen LogP contribution in [-0.2, 0) is 15.4 Å². The van der Waals surface area contributed by atoms with Crippen LogP contribution in [0.1, 0.15) is 31.2 Å². The van der Waals surface area contributed by atoms with Crippen molar-refractivity contribution in [2.24, 2.45) is 0 Å². The Morgan fingerprint density at radius 3 is 2.27 bits per heavy atom. The molecule has 1 saturated carbocycles. The number of halogens is 1. The lowest BCUT2D eigenvalue weighted by Crippen LogP contribution is -2.50. The third kappa shape index (κ3) is 4.65. The summed E-state index contributed by atoms with van der Waals surface area (Å²) in [5.74, 6) is -0.260. The summed E-state index contributed by atoms with van der Waals surface area (Å²) < 4.78 is 40.8. The van der Waals surface area contributed by atoms with E-state index in [1.165, 1.54) is 12.1 Å². The molecule has 1 aliphatic carbocycles. The van der Waals surface area contributed by atoms with Crippen LogP contribution in [0.5, 0.6) is 0 Å². The summed E-state index contributed by atoms with van der Waals surface area (Å²) in [4.78, 5) is 14.6. The molecule has 1 aliphatic heterocycles. The number of hydrogen-bond donors (Lipinski definition) is 2. The van der Waals surface area contributed by atoms with Gasteiger partial charge in [0.25, 0.3) is 0 Å². The predicted molar refractivity (Wildman–Crippen MR) is 112 cm³/mol. The molecule has 0 aromatic heterocycles. The molecule has 2 aromatic carbocycles. The van der Waals surface area contributed by atoms with Crippen molar-refractivity contribution in [3.05, 3.63) is 66.0 Å². The molecule has 0 radical (unpaired) electrons. The number of sulfonamides is 1. The molecule has 1 saturated heterocycles. The number of carbonyl (C=O) groups excluding carboxylic acids is 1. The van der Waals surface area contributed by atoms with Crippen LogP contribution < -0.4 is 10.0 Å². The Kier molecular flexibility index (Phi) is 5.79. The van der Waals surface area contributed by atoms with Crippen LogP contribution in [-0.4, -0.2) is 45.0 Å². The van der Waals surface area contributed by atoms with E-state index in [9.17, 15) is 17.6 Å². The van der Waals surface area contributed by atoms with Gasteiger partial charge in [0.2, 0.25) is 10.0 Å². The number of nitrogens with zero attached hydrogens (tertiary/aromatic N) is 1. The molecule has 1 heterocycles. The Balaban J connectivity index is 1.26. The Hall–Kier alpha value is -2.45. The van der Waals surface area contributed by atoms with Gasteiger partial charge in [-0.1, -0.05) is 30.3 Å². The third-order valence-corrected chi connectivity index (χ3v) is 7.58. The SMILES string of the molecule is O=C(NCC1(c2ccc(F)cc2)CC1)N1CCC(NS(=O)(=O)c2ccccc2)CC1. The second kappa shape index (κ2) is 8.35. The van der Waals surface area contributed by atoms with Crippen molar-refractivity contribution in [1.82, 2.24) is 14.9 Å². The Labute approximate surface area is 176 Å². The molecule has 2 amide bonds. The van der Waals surface area contributed by atoms with E-state index in [1.807, 2.05) is 0 Å². The van der Waals surface area contributed by atoms with E-state index < -0.39 is 10.0 Å². The fourth-order valence-electron chi connectivity index (χ4n) is 3.97. The molecule has 2 N–H and O–H groups in total. The second-order valence-corrected chi connectivity index (χ2v) is 9.86. The number of likely N-dealkylation sites (tertiary alicyclic amines) is 1. The van der Waals surface area contributed by atoms with E-state index in [2.05, 4.69) is 10.0 Å². The van der Waals surface area contributed by atoms with Crippen molar-refractivity contribution in [3.63, 3.8) is 0 Å². The number of amides is 2. The molecule has 6 nitrogen and oxygen atoms in total. The molecule has 160 valence electrons. The number of hydrogen-bond acceptors (Lipinski definition) is 3. The average Bonchev–Trinajstić information content (AvgIpc) is 3.54. The highest BCUT2D eigenvalue weighted by Gasteiger charge is 2.44. The first-order chi connectivity index (χ1) is 14.4. The predicted octanol–water partition coefficient (Wildman–Crippen LogP) is 3.01. The molecule has 2 aliphatic rings. The number of urea groups is 1. The van der Waals surface area contributed by atoms with Crippen molar-refractivity contribution in [2.75, 3.05) is 19.6 Å². The summed E-state index contributed by atoms with van der Waals surface area (Å²) in [7, 11) is -3.55. The van der Waals surface area contributed by atoms with Crippen LogP contribution in [0.15, 0.2) is 59.5 Å². The topological polar surface area (TPSA) is 78.5 Å². The van der Waals surface area contributed by atoms with Crippen LogP contribution in [0.3, 0.4) is 0 Å². The van der Waals surface area contributed by atoms with Crippen molar-refractivity contribution in [3.8, 4) is 0 Å². The first-order valence-electron chi connectivity index (χ1n) is 10.2. The monoisotopic (exact) mass is 431 g/mol. The zero-order chi connectivity index (χ0) is 21.2. The number of benzene rings is 2. The van der Waals surface area contributed by atoms with Gasteiger partial charge >= 0.3 is 6.03 Å². The van der Waals surface area contributed by atoms with Crippen molar-refractivity contribution < 1.29 is 17.6 Å². The molecule has 0 atom stereocenters. The van der Waals surface area contributed by atoms with Gasteiger partial charge in [-0.05, 0) is 55.5 Å². The summed E-state index contributed by atoms with van der Waals surface area (Å²) in [6.45, 7) is 1.52. The molecule has 8 heteroatoms. The van der Waals surface area contributed by atoms with E-state index in [4.69, 9.17) is 0 Å². The summed E-state index contributed by atoms with van der Waals surface area (Å²) in [5.41, 5.74) is 0.964. The maximum Gasteiger partial charge on any atom is 0.317 e. The first kappa shape index (κ1) is 20.8. The minimum absolute atomic E-state index is 0.0903. The van der Waals surface area contributed by atoms with Crippen LogP contribution in [0.4, 0.5) is 9.18 Å². The standard InChI is InChI=1S/C22H26FN3O3S/c23-18-8-6-17(7-9-18)22(12-13-22)16-24-21(27)26-14-10-19(11-15-26)25-30(28,29)20-4-2-1-3-5-20/h1-9,19,25H,10-16H2,(H,24,27). The largest absolute Gasteiger partial charge is 0.337 e. The number of carbonyl (C=O) groups is 1. The summed E-state index contributed by atoms with van der Waals surface area (Å²) >= 11 is 0. The van der Waals surface area contributed by atoms with Gasteiger partial charge in [-0.2, -0.15) is 0 Å². The van der Waals surface area contributed by atoms with Gasteiger partial charge in [0.15, 0.2) is 0 Å². The van der Waals surface area contributed by atoms with Crippen LogP contribution in [0.25, 0.3) is 0 Å². The number of piperidine rings is 1. The normalized spacial score (nSPS) is 18.8. The van der Waals surface area contributed by atoms with E-state index in [-0.39, 0.29) is 28.2 Å². The molecular weight excluding hydrogens is 405 g/mol. The summed E-state index contributed by atoms with van der Waals surface area (Å²) in [6.07, 6.45) is 3.09. The van der Waals surface area contributed by atoms with Gasteiger partial charge in [0.1, 0.15) is 5.82 Å². The van der Waals surface area contributed by atoms with Gasteiger partial charge in [0.05, 0.1) is 4.90 Å². The fourth-order valence-corrected chi connectivity index (χ4v) is 5.29. The molecule has 30 heavy (non-hydrogen) atoms. The highest BCUT2D eigenvalue weighted by molar-refractivity contribution is 7.89. The smallest absolute Gasteiger partial charge is 0.317 e. The first-order valence-corrected chi connectivity index (χ1v) is 11.7. The average molecular weight is 432 g/mol. The molecular formula is C22H26FN3O3S. The second-order valence-electron chi connectivity index (χ2n) is 8.14. The molecule has 2 fully saturated rings. The highest BCUT2D eigenvalue weighted by Crippen LogP contribution is 2.47. The van der Waals surface area contributed by atoms with Gasteiger partial charge in [-0.25, -0.2) is 22.3 Å². The minimum atomic E-state index is -3.55. The number of rotatable bonds is 6. The van der Waals surface area contributed by atoms with E-state index in [0.29, 0.717) is 32.5 Å². The molecule has 0 unspecified atom stereocenters. The molecule has 2 aromatic rings. The zero-order valence-electron chi connectivity index (χ0n) is 16.7. The highest BCUT2D eigenvalue weighted by atomic mass is 32.2. The summed E-state index contributed by atoms with van der Waals surface area (Å²) in [6, 6.07) is 14.5. The van der Waals surface area contributed by atoms with Crippen molar-refractivity contribution in [2.45, 2.75) is 42.0 Å². The van der Waals surface area contributed by atoms with Crippen LogP contribution in [0, 0.1) is 5.82 Å². The molecule has 0 bridgehead atoms.